The lowest BCUT2D eigenvalue weighted by atomic mass is 10.0. The first-order valence-electron chi connectivity index (χ1n) is 11.6. The van der Waals surface area contributed by atoms with Crippen LogP contribution in [0.2, 0.25) is 0 Å². The fraction of sp³-hybridized carbons (Fsp3) is 0.391. The Morgan fingerprint density at radius 3 is 2.56 bits per heavy atom. The van der Waals surface area contributed by atoms with Crippen LogP contribution in [0.4, 0.5) is 34.0 Å². The van der Waals surface area contributed by atoms with Crippen LogP contribution in [0.15, 0.2) is 36.7 Å². The lowest BCUT2D eigenvalue weighted by Gasteiger charge is -2.12. The van der Waals surface area contributed by atoms with Gasteiger partial charge in [-0.05, 0) is 32.0 Å². The summed E-state index contributed by atoms with van der Waals surface area (Å²) in [6.07, 6.45) is -3.74. The Balaban J connectivity index is 1.93. The summed E-state index contributed by atoms with van der Waals surface area (Å²) in [5.41, 5.74) is 0.303. The molecule has 2 heterocycles. The zero-order chi connectivity index (χ0) is 28.8. The van der Waals surface area contributed by atoms with E-state index in [4.69, 9.17) is 0 Å². The third kappa shape index (κ3) is 8.27. The lowest BCUT2D eigenvalue weighted by molar-refractivity contribution is -0.129. The first-order chi connectivity index (χ1) is 18.3. The van der Waals surface area contributed by atoms with Crippen molar-refractivity contribution < 1.29 is 35.5 Å². The van der Waals surface area contributed by atoms with E-state index in [1.807, 2.05) is 18.6 Å². The second kappa shape index (κ2) is 12.3. The van der Waals surface area contributed by atoms with Gasteiger partial charge in [-0.2, -0.15) is 18.3 Å². The van der Waals surface area contributed by atoms with E-state index in [2.05, 4.69) is 30.4 Å². The Kier molecular flexibility index (Phi) is 9.32. The number of carbonyl (C=O) groups is 1. The molecule has 0 spiro atoms. The van der Waals surface area contributed by atoms with Crippen LogP contribution in [0.5, 0.6) is 0 Å². The smallest absolute Gasteiger partial charge is 0.406 e. The van der Waals surface area contributed by atoms with Gasteiger partial charge in [0.2, 0.25) is 16.0 Å². The van der Waals surface area contributed by atoms with E-state index in [1.54, 1.807) is 16.9 Å². The van der Waals surface area contributed by atoms with Gasteiger partial charge in [0.1, 0.15) is 5.69 Å². The fourth-order valence-electron chi connectivity index (χ4n) is 3.31. The topological polar surface area (TPSA) is 140 Å². The molecular formula is C23H27F4N7O4S. The molecule has 0 fully saturated rings. The van der Waals surface area contributed by atoms with E-state index < -0.39 is 46.0 Å². The number of methoxy groups -OCH3 is 1. The number of ether oxygens (including phenoxy) is 1. The molecule has 0 unspecified atom stereocenters. The van der Waals surface area contributed by atoms with Gasteiger partial charge in [0.25, 0.3) is 0 Å². The van der Waals surface area contributed by atoms with Gasteiger partial charge in [-0.25, -0.2) is 27.6 Å². The van der Waals surface area contributed by atoms with Crippen LogP contribution in [0.25, 0.3) is 22.5 Å². The van der Waals surface area contributed by atoms with Crippen molar-refractivity contribution in [3.8, 4) is 22.5 Å². The Bertz CT molecular complexity index is 1410. The predicted molar refractivity (Wildman–Crippen MR) is 136 cm³/mol. The van der Waals surface area contributed by atoms with Gasteiger partial charge < -0.3 is 15.4 Å². The van der Waals surface area contributed by atoms with Crippen molar-refractivity contribution >= 4 is 27.8 Å². The van der Waals surface area contributed by atoms with E-state index in [-0.39, 0.29) is 36.3 Å². The highest BCUT2D eigenvalue weighted by molar-refractivity contribution is 7.92. The molecule has 2 aromatic heterocycles. The molecule has 0 bridgehead atoms. The van der Waals surface area contributed by atoms with Gasteiger partial charge in [-0.15, -0.1) is 0 Å². The number of nitrogens with one attached hydrogen (secondary N) is 3. The quantitative estimate of drug-likeness (QED) is 0.229. The fourth-order valence-corrected chi connectivity index (χ4v) is 4.40. The van der Waals surface area contributed by atoms with Crippen LogP contribution in [-0.4, -0.2) is 66.4 Å². The number of anilines is 2. The summed E-state index contributed by atoms with van der Waals surface area (Å²) in [6.45, 7) is 4.21. The molecule has 0 aliphatic carbocycles. The zero-order valence-corrected chi connectivity index (χ0v) is 22.0. The molecule has 0 atom stereocenters. The van der Waals surface area contributed by atoms with Crippen molar-refractivity contribution in [3.63, 3.8) is 0 Å². The highest BCUT2D eigenvalue weighted by Gasteiger charge is 2.30. The van der Waals surface area contributed by atoms with Crippen LogP contribution in [0.3, 0.4) is 0 Å². The minimum Gasteiger partial charge on any atom is -0.453 e. The molecule has 16 heteroatoms. The van der Waals surface area contributed by atoms with Crippen LogP contribution in [0.1, 0.15) is 26.3 Å². The van der Waals surface area contributed by atoms with Crippen LogP contribution < -0.4 is 15.4 Å². The highest BCUT2D eigenvalue weighted by atomic mass is 32.2. The van der Waals surface area contributed by atoms with Gasteiger partial charge in [0, 0.05) is 42.7 Å². The number of sulfonamides is 1. The van der Waals surface area contributed by atoms with Crippen molar-refractivity contribution in [2.24, 2.45) is 0 Å². The molecule has 1 aromatic carbocycles. The number of alkyl carbamates (subject to hydrolysis) is 1. The number of halogens is 4. The number of benzene rings is 1. The maximum absolute atomic E-state index is 15.6. The van der Waals surface area contributed by atoms with E-state index in [1.165, 1.54) is 25.4 Å². The first kappa shape index (κ1) is 29.6. The third-order valence-electron chi connectivity index (χ3n) is 5.23. The Labute approximate surface area is 222 Å². The number of amides is 1. The van der Waals surface area contributed by atoms with Crippen molar-refractivity contribution in [2.45, 2.75) is 32.5 Å². The monoisotopic (exact) mass is 573 g/mol. The molecular weight excluding hydrogens is 546 g/mol. The lowest BCUT2D eigenvalue weighted by Crippen LogP contribution is -2.28. The van der Waals surface area contributed by atoms with E-state index in [0.29, 0.717) is 11.3 Å². The maximum Gasteiger partial charge on any atom is 0.406 e. The predicted octanol–water partition coefficient (Wildman–Crippen LogP) is 4.19. The summed E-state index contributed by atoms with van der Waals surface area (Å²) < 4.78 is 85.4. The normalized spacial score (nSPS) is 11.9. The van der Waals surface area contributed by atoms with Crippen LogP contribution >= 0.6 is 0 Å². The van der Waals surface area contributed by atoms with Gasteiger partial charge in [-0.1, -0.05) is 6.07 Å². The summed E-state index contributed by atoms with van der Waals surface area (Å²) >= 11 is 0. The minimum absolute atomic E-state index is 0.0872. The maximum atomic E-state index is 15.6. The molecule has 3 N–H and O–H groups in total. The number of hydrogen-bond acceptors (Lipinski definition) is 8. The van der Waals surface area contributed by atoms with Gasteiger partial charge in [0.05, 0.1) is 30.7 Å². The molecule has 0 saturated carbocycles. The van der Waals surface area contributed by atoms with Crippen molar-refractivity contribution in [1.82, 2.24) is 25.1 Å². The number of carbonyl (C=O) groups excluding carboxylic acids is 1. The number of alkyl halides is 3. The average molecular weight is 574 g/mol. The van der Waals surface area contributed by atoms with Crippen molar-refractivity contribution in [2.75, 3.05) is 36.0 Å². The highest BCUT2D eigenvalue weighted by Crippen LogP contribution is 2.35. The average Bonchev–Trinajstić information content (AvgIpc) is 3.32. The van der Waals surface area contributed by atoms with E-state index >= 15 is 4.39 Å². The number of aromatic nitrogens is 4. The summed E-state index contributed by atoms with van der Waals surface area (Å²) in [7, 11) is -3.24. The second-order valence-corrected chi connectivity index (χ2v) is 10.4. The largest absolute Gasteiger partial charge is 0.453 e. The third-order valence-corrected chi connectivity index (χ3v) is 6.50. The zero-order valence-electron chi connectivity index (χ0n) is 21.2. The van der Waals surface area contributed by atoms with E-state index in [0.717, 1.165) is 6.07 Å². The molecule has 11 nitrogen and oxygen atoms in total. The standard InChI is InChI=1S/C23H27F4N7O4S/c1-14(2)34-13-16(17-7-9-28-21(31-17)29-10-11-30-22(35)38-3)20(32-34)15-5-4-6-18(19(15)24)33-39(36,37)12-8-23(25,26)27/h4-7,9,13-14,33H,8,10-12H2,1-3H3,(H,30,35)(H,28,29,31). The molecule has 39 heavy (non-hydrogen) atoms. The van der Waals surface area contributed by atoms with Gasteiger partial charge >= 0.3 is 12.3 Å². The Hall–Kier alpha value is -3.95. The Morgan fingerprint density at radius 1 is 1.15 bits per heavy atom. The molecule has 3 rings (SSSR count). The summed E-state index contributed by atoms with van der Waals surface area (Å²) in [5, 5.41) is 9.91. The van der Waals surface area contributed by atoms with E-state index in [9.17, 15) is 26.4 Å². The van der Waals surface area contributed by atoms with Crippen LogP contribution in [-0.2, 0) is 14.8 Å². The molecule has 1 amide bonds. The minimum atomic E-state index is -4.68. The summed E-state index contributed by atoms with van der Waals surface area (Å²) in [4.78, 5) is 19.7. The molecule has 0 radical (unpaired) electrons. The van der Waals surface area contributed by atoms with Gasteiger partial charge in [-0.3, -0.25) is 9.40 Å². The molecule has 3 aromatic rings. The van der Waals surface area contributed by atoms with Gasteiger partial charge in [0.15, 0.2) is 5.82 Å². The van der Waals surface area contributed by atoms with Crippen LogP contribution in [0, 0.1) is 5.82 Å². The number of nitrogens with zero attached hydrogens (tertiary/aromatic N) is 4. The summed E-state index contributed by atoms with van der Waals surface area (Å²) in [6, 6.07) is 5.29. The summed E-state index contributed by atoms with van der Waals surface area (Å²) in [5.74, 6) is -2.04. The molecule has 0 aliphatic heterocycles. The first-order valence-corrected chi connectivity index (χ1v) is 13.3. The second-order valence-electron chi connectivity index (χ2n) is 8.53. The number of hydrogen-bond donors (Lipinski definition) is 3. The molecule has 0 saturated heterocycles. The van der Waals surface area contributed by atoms with Crippen molar-refractivity contribution in [3.05, 3.63) is 42.5 Å². The number of rotatable bonds is 11. The van der Waals surface area contributed by atoms with Crippen molar-refractivity contribution in [1.29, 1.82) is 0 Å². The molecule has 212 valence electrons. The molecule has 0 aliphatic rings. The SMILES string of the molecule is COC(=O)NCCNc1nccc(-c2cn(C(C)C)nc2-c2cccc(NS(=O)(=O)CCC(F)(F)F)c2F)n1. The Morgan fingerprint density at radius 2 is 1.90 bits per heavy atom.